The predicted molar refractivity (Wildman–Crippen MR) is 50.9 cm³/mol. The summed E-state index contributed by atoms with van der Waals surface area (Å²) >= 11 is 0. The highest BCUT2D eigenvalue weighted by atomic mass is 19.4. The van der Waals surface area contributed by atoms with Crippen molar-refractivity contribution in [1.29, 1.82) is 0 Å². The van der Waals surface area contributed by atoms with Gasteiger partial charge in [0.2, 0.25) is 5.91 Å². The number of carbonyl (C=O) groups is 1. The second-order valence-corrected chi connectivity index (χ2v) is 3.75. The number of alkyl halides is 3. The molecule has 0 spiro atoms. The first-order valence-corrected chi connectivity index (χ1v) is 5.05. The Bertz CT molecular complexity index is 245. The van der Waals surface area contributed by atoms with Crippen LogP contribution >= 0.6 is 0 Å². The molecule has 0 radical (unpaired) electrons. The average molecular weight is 240 g/mol. The van der Waals surface area contributed by atoms with Gasteiger partial charge in [-0.05, 0) is 6.92 Å². The second-order valence-electron chi connectivity index (χ2n) is 3.75. The van der Waals surface area contributed by atoms with Crippen LogP contribution in [0.3, 0.4) is 0 Å². The van der Waals surface area contributed by atoms with Crippen molar-refractivity contribution >= 4 is 5.91 Å². The first kappa shape index (κ1) is 13.2. The third-order valence-electron chi connectivity index (χ3n) is 2.31. The standard InChI is InChI=1S/C9H15F3N2O2/c1-7-4-13-2-3-14(7)8(15)5-16-6-9(10,11)12/h7,13H,2-6H2,1H3/t7-/m1/s1. The van der Waals surface area contributed by atoms with Gasteiger partial charge in [-0.25, -0.2) is 0 Å². The van der Waals surface area contributed by atoms with Crippen molar-refractivity contribution < 1.29 is 22.7 Å². The molecule has 1 rings (SSSR count). The van der Waals surface area contributed by atoms with Crippen molar-refractivity contribution in [3.63, 3.8) is 0 Å². The zero-order valence-corrected chi connectivity index (χ0v) is 9.01. The van der Waals surface area contributed by atoms with Crippen molar-refractivity contribution in [3.05, 3.63) is 0 Å². The predicted octanol–water partition coefficient (Wildman–Crippen LogP) is 0.386. The van der Waals surface area contributed by atoms with E-state index >= 15 is 0 Å². The Morgan fingerprint density at radius 1 is 1.56 bits per heavy atom. The molecule has 0 aromatic carbocycles. The molecule has 1 atom stereocenters. The summed E-state index contributed by atoms with van der Waals surface area (Å²) in [5.74, 6) is -0.391. The van der Waals surface area contributed by atoms with E-state index in [4.69, 9.17) is 0 Å². The monoisotopic (exact) mass is 240 g/mol. The van der Waals surface area contributed by atoms with Crippen LogP contribution in [0, 0.1) is 0 Å². The maximum Gasteiger partial charge on any atom is 0.411 e. The molecule has 1 heterocycles. The number of rotatable bonds is 3. The molecule has 4 nitrogen and oxygen atoms in total. The van der Waals surface area contributed by atoms with Gasteiger partial charge in [0.05, 0.1) is 0 Å². The van der Waals surface area contributed by atoms with Crippen LogP contribution in [0.2, 0.25) is 0 Å². The molecular formula is C9H15F3N2O2. The first-order valence-electron chi connectivity index (χ1n) is 5.05. The molecular weight excluding hydrogens is 225 g/mol. The lowest BCUT2D eigenvalue weighted by molar-refractivity contribution is -0.178. The van der Waals surface area contributed by atoms with E-state index in [1.54, 1.807) is 0 Å². The molecule has 94 valence electrons. The second kappa shape index (κ2) is 5.49. The van der Waals surface area contributed by atoms with E-state index in [0.717, 1.165) is 0 Å². The number of nitrogens with zero attached hydrogens (tertiary/aromatic N) is 1. The molecule has 0 aliphatic carbocycles. The molecule has 1 amide bonds. The van der Waals surface area contributed by atoms with Crippen molar-refractivity contribution in [2.24, 2.45) is 0 Å². The highest BCUT2D eigenvalue weighted by molar-refractivity contribution is 5.77. The fraction of sp³-hybridized carbons (Fsp3) is 0.889. The lowest BCUT2D eigenvalue weighted by atomic mass is 10.2. The van der Waals surface area contributed by atoms with Gasteiger partial charge in [0.15, 0.2) is 0 Å². The molecule has 0 aromatic heterocycles. The minimum Gasteiger partial charge on any atom is -0.362 e. The van der Waals surface area contributed by atoms with Gasteiger partial charge in [-0.1, -0.05) is 0 Å². The Kier molecular flexibility index (Phi) is 4.55. The number of ether oxygens (including phenoxy) is 1. The SMILES string of the molecule is C[C@@H]1CNCCN1C(=O)COCC(F)(F)F. The summed E-state index contributed by atoms with van der Waals surface area (Å²) < 4.78 is 39.6. The number of amides is 1. The number of nitrogens with one attached hydrogen (secondary N) is 1. The van der Waals surface area contributed by atoms with Crippen LogP contribution in [0.15, 0.2) is 0 Å². The minimum atomic E-state index is -4.38. The normalized spacial score (nSPS) is 22.2. The van der Waals surface area contributed by atoms with Gasteiger partial charge in [0.1, 0.15) is 13.2 Å². The van der Waals surface area contributed by atoms with Crippen molar-refractivity contribution in [2.75, 3.05) is 32.8 Å². The smallest absolute Gasteiger partial charge is 0.362 e. The van der Waals surface area contributed by atoms with Crippen molar-refractivity contribution in [2.45, 2.75) is 19.1 Å². The van der Waals surface area contributed by atoms with E-state index in [1.165, 1.54) is 4.90 Å². The van der Waals surface area contributed by atoms with E-state index in [-0.39, 0.29) is 6.04 Å². The fourth-order valence-electron chi connectivity index (χ4n) is 1.55. The molecule has 0 aromatic rings. The molecule has 1 saturated heterocycles. The van der Waals surface area contributed by atoms with Crippen molar-refractivity contribution in [3.8, 4) is 0 Å². The highest BCUT2D eigenvalue weighted by Crippen LogP contribution is 2.14. The third-order valence-corrected chi connectivity index (χ3v) is 2.31. The molecule has 0 saturated carbocycles. The summed E-state index contributed by atoms with van der Waals surface area (Å²) in [7, 11) is 0. The van der Waals surface area contributed by atoms with Gasteiger partial charge in [-0.15, -0.1) is 0 Å². The Hall–Kier alpha value is -0.820. The Balaban J connectivity index is 2.29. The van der Waals surface area contributed by atoms with Crippen LogP contribution in [0.1, 0.15) is 6.92 Å². The zero-order valence-electron chi connectivity index (χ0n) is 9.01. The average Bonchev–Trinajstić information content (AvgIpc) is 2.16. The number of halogens is 3. The van der Waals surface area contributed by atoms with Gasteiger partial charge in [0, 0.05) is 25.7 Å². The van der Waals surface area contributed by atoms with Crippen LogP contribution in [0.25, 0.3) is 0 Å². The summed E-state index contributed by atoms with van der Waals surface area (Å²) in [5.41, 5.74) is 0. The molecule has 7 heteroatoms. The van der Waals surface area contributed by atoms with E-state index in [1.807, 2.05) is 6.92 Å². The molecule has 16 heavy (non-hydrogen) atoms. The van der Waals surface area contributed by atoms with E-state index in [2.05, 4.69) is 10.1 Å². The fourth-order valence-corrected chi connectivity index (χ4v) is 1.55. The Morgan fingerprint density at radius 2 is 2.25 bits per heavy atom. The molecule has 0 bridgehead atoms. The topological polar surface area (TPSA) is 41.6 Å². The summed E-state index contributed by atoms with van der Waals surface area (Å²) in [4.78, 5) is 13.0. The van der Waals surface area contributed by atoms with Crippen LogP contribution < -0.4 is 5.32 Å². The number of hydrogen-bond acceptors (Lipinski definition) is 3. The largest absolute Gasteiger partial charge is 0.411 e. The maximum absolute atomic E-state index is 11.8. The van der Waals surface area contributed by atoms with Gasteiger partial charge in [0.25, 0.3) is 0 Å². The van der Waals surface area contributed by atoms with Gasteiger partial charge in [-0.2, -0.15) is 13.2 Å². The molecule has 1 aliphatic heterocycles. The van der Waals surface area contributed by atoms with Crippen LogP contribution in [0.5, 0.6) is 0 Å². The van der Waals surface area contributed by atoms with Crippen LogP contribution in [0.4, 0.5) is 13.2 Å². The lowest BCUT2D eigenvalue weighted by Gasteiger charge is -2.33. The maximum atomic E-state index is 11.8. The summed E-state index contributed by atoms with van der Waals surface area (Å²) in [6.07, 6.45) is -4.38. The van der Waals surface area contributed by atoms with E-state index < -0.39 is 25.3 Å². The lowest BCUT2D eigenvalue weighted by Crippen LogP contribution is -2.53. The van der Waals surface area contributed by atoms with Gasteiger partial charge >= 0.3 is 6.18 Å². The third kappa shape index (κ3) is 4.36. The zero-order chi connectivity index (χ0) is 12.2. The van der Waals surface area contributed by atoms with Crippen LogP contribution in [-0.2, 0) is 9.53 Å². The number of carbonyl (C=O) groups excluding carboxylic acids is 1. The van der Waals surface area contributed by atoms with Gasteiger partial charge in [-0.3, -0.25) is 4.79 Å². The Morgan fingerprint density at radius 3 is 2.81 bits per heavy atom. The molecule has 1 aliphatic rings. The highest BCUT2D eigenvalue weighted by Gasteiger charge is 2.29. The molecule has 1 N–H and O–H groups in total. The number of piperazine rings is 1. The number of hydrogen-bond donors (Lipinski definition) is 1. The summed E-state index contributed by atoms with van der Waals surface area (Å²) in [6, 6.07) is -0.00395. The van der Waals surface area contributed by atoms with Crippen LogP contribution in [-0.4, -0.2) is 55.9 Å². The summed E-state index contributed by atoms with van der Waals surface area (Å²) in [6.45, 7) is 1.78. The van der Waals surface area contributed by atoms with E-state index in [9.17, 15) is 18.0 Å². The molecule has 0 unspecified atom stereocenters. The molecule has 1 fully saturated rings. The minimum absolute atomic E-state index is 0.00395. The first-order chi connectivity index (χ1) is 7.40. The Labute approximate surface area is 91.7 Å². The van der Waals surface area contributed by atoms with E-state index in [0.29, 0.717) is 19.6 Å². The van der Waals surface area contributed by atoms with Gasteiger partial charge < -0.3 is 15.0 Å². The van der Waals surface area contributed by atoms with Crippen molar-refractivity contribution in [1.82, 2.24) is 10.2 Å². The summed E-state index contributed by atoms with van der Waals surface area (Å²) in [5, 5.41) is 3.09. The quantitative estimate of drug-likeness (QED) is 0.775.